The molecule has 0 bridgehead atoms. The van der Waals surface area contributed by atoms with Gasteiger partial charge in [-0.3, -0.25) is 9.71 Å². The molecule has 2 rings (SSSR count). The van der Waals surface area contributed by atoms with Crippen LogP contribution in [0.2, 0.25) is 0 Å². The van der Waals surface area contributed by atoms with E-state index < -0.39 is 15.6 Å². The van der Waals surface area contributed by atoms with Crippen LogP contribution in [0, 0.1) is 5.92 Å². The Morgan fingerprint density at radius 3 is 2.60 bits per heavy atom. The highest BCUT2D eigenvalue weighted by atomic mass is 32.2. The topological polar surface area (TPSA) is 84.5 Å². The minimum Gasteiger partial charge on any atom is -0.328 e. The molecule has 3 N–H and O–H groups in total. The first kappa shape index (κ1) is 15.0. The van der Waals surface area contributed by atoms with Gasteiger partial charge in [0.25, 0.3) is 10.0 Å². The fraction of sp³-hybridized carbons (Fsp3) is 0.500. The number of hydrogen-bond acceptors (Lipinski definition) is 4. The summed E-state index contributed by atoms with van der Waals surface area (Å²) in [6.07, 6.45) is 0.802. The maximum atomic E-state index is 12.0. The molecule has 0 aliphatic carbocycles. The molecule has 1 unspecified atom stereocenters. The van der Waals surface area contributed by atoms with Crippen LogP contribution in [0.25, 0.3) is 0 Å². The van der Waals surface area contributed by atoms with Crippen molar-refractivity contribution in [2.75, 3.05) is 6.54 Å². The molecule has 1 aliphatic heterocycles. The van der Waals surface area contributed by atoms with Crippen molar-refractivity contribution in [3.8, 4) is 0 Å². The smallest absolute Gasteiger partial charge is 0.263 e. The molecular formula is C14H21N3O2S. The average molecular weight is 295 g/mol. The second kappa shape index (κ2) is 5.18. The van der Waals surface area contributed by atoms with Crippen molar-refractivity contribution in [3.63, 3.8) is 0 Å². The van der Waals surface area contributed by atoms with Crippen molar-refractivity contribution in [3.05, 3.63) is 29.8 Å². The minimum absolute atomic E-state index is 0.280. The third-order valence-corrected chi connectivity index (χ3v) is 4.73. The fourth-order valence-electron chi connectivity index (χ4n) is 2.54. The van der Waals surface area contributed by atoms with E-state index in [2.05, 4.69) is 23.6 Å². The molecule has 1 aromatic rings. The summed E-state index contributed by atoms with van der Waals surface area (Å²) in [4.78, 5) is 4.88. The highest BCUT2D eigenvalue weighted by Gasteiger charge is 2.33. The molecule has 0 aromatic heterocycles. The Hall–Kier alpha value is -1.40. The standard InChI is InChI=1S/C14H21N3O2S/c1-10(2)8-14(3,9-15)16-13-11-6-4-5-7-12(11)20(18,19)17-13/h4-7,10H,8-9,15H2,1-3H3,(H,16,17). The van der Waals surface area contributed by atoms with Crippen molar-refractivity contribution in [1.29, 1.82) is 0 Å². The second-order valence-electron chi connectivity index (χ2n) is 5.86. The summed E-state index contributed by atoms with van der Waals surface area (Å²) in [5.74, 6) is 0.829. The van der Waals surface area contributed by atoms with Gasteiger partial charge in [-0.2, -0.15) is 0 Å². The lowest BCUT2D eigenvalue weighted by Crippen LogP contribution is -2.37. The third kappa shape index (κ3) is 2.86. The van der Waals surface area contributed by atoms with E-state index in [9.17, 15) is 8.42 Å². The number of nitrogens with two attached hydrogens (primary N) is 1. The van der Waals surface area contributed by atoms with Crippen molar-refractivity contribution in [2.45, 2.75) is 37.6 Å². The molecule has 1 atom stereocenters. The van der Waals surface area contributed by atoms with Crippen LogP contribution in [-0.2, 0) is 10.0 Å². The Morgan fingerprint density at radius 1 is 1.35 bits per heavy atom. The Morgan fingerprint density at radius 2 is 2.00 bits per heavy atom. The van der Waals surface area contributed by atoms with Crippen LogP contribution >= 0.6 is 0 Å². The zero-order chi connectivity index (χ0) is 15.0. The first-order valence-corrected chi connectivity index (χ1v) is 8.18. The number of sulfonamides is 1. The number of benzene rings is 1. The Balaban J connectivity index is 2.47. The highest BCUT2D eigenvalue weighted by Crippen LogP contribution is 2.26. The molecule has 5 nitrogen and oxygen atoms in total. The maximum Gasteiger partial charge on any atom is 0.263 e. The van der Waals surface area contributed by atoms with Gasteiger partial charge in [-0.05, 0) is 31.4 Å². The van der Waals surface area contributed by atoms with Gasteiger partial charge in [-0.1, -0.05) is 26.0 Å². The van der Waals surface area contributed by atoms with Crippen LogP contribution in [-0.4, -0.2) is 26.3 Å². The molecule has 6 heteroatoms. The molecule has 0 radical (unpaired) electrons. The monoisotopic (exact) mass is 295 g/mol. The van der Waals surface area contributed by atoms with Crippen LogP contribution in [0.1, 0.15) is 32.8 Å². The SMILES string of the molecule is CC(C)CC(C)(CN)N=C1NS(=O)(=O)c2ccccc21. The zero-order valence-corrected chi connectivity index (χ0v) is 12.9. The number of hydrogen-bond donors (Lipinski definition) is 2. The average Bonchev–Trinajstić information content (AvgIpc) is 2.61. The van der Waals surface area contributed by atoms with Crippen LogP contribution < -0.4 is 10.5 Å². The van der Waals surface area contributed by atoms with Crippen LogP contribution in [0.15, 0.2) is 34.2 Å². The minimum atomic E-state index is -3.49. The van der Waals surface area contributed by atoms with Crippen LogP contribution in [0.4, 0.5) is 0 Å². The van der Waals surface area contributed by atoms with E-state index >= 15 is 0 Å². The van der Waals surface area contributed by atoms with Gasteiger partial charge in [0, 0.05) is 12.1 Å². The van der Waals surface area contributed by atoms with E-state index in [4.69, 9.17) is 5.73 Å². The Bertz CT molecular complexity index is 638. The number of amidine groups is 1. The predicted octanol–water partition coefficient (Wildman–Crippen LogP) is 1.49. The van der Waals surface area contributed by atoms with Gasteiger partial charge >= 0.3 is 0 Å². The molecule has 0 saturated carbocycles. The van der Waals surface area contributed by atoms with E-state index in [1.165, 1.54) is 0 Å². The van der Waals surface area contributed by atoms with Crippen molar-refractivity contribution < 1.29 is 8.42 Å². The molecule has 1 aromatic carbocycles. The summed E-state index contributed by atoms with van der Waals surface area (Å²) >= 11 is 0. The molecule has 110 valence electrons. The zero-order valence-electron chi connectivity index (χ0n) is 12.1. The van der Waals surface area contributed by atoms with Crippen LogP contribution in [0.3, 0.4) is 0 Å². The number of nitrogens with one attached hydrogen (secondary N) is 1. The molecule has 1 aliphatic rings. The van der Waals surface area contributed by atoms with E-state index in [0.717, 1.165) is 6.42 Å². The second-order valence-corrected chi connectivity index (χ2v) is 7.51. The van der Waals surface area contributed by atoms with E-state index in [0.29, 0.717) is 23.9 Å². The molecule has 0 saturated heterocycles. The van der Waals surface area contributed by atoms with Gasteiger partial charge in [-0.25, -0.2) is 8.42 Å². The Kier molecular flexibility index (Phi) is 3.88. The molecule has 0 fully saturated rings. The summed E-state index contributed by atoms with van der Waals surface area (Å²) in [6, 6.07) is 6.86. The molecule has 1 heterocycles. The highest BCUT2D eigenvalue weighted by molar-refractivity contribution is 7.90. The van der Waals surface area contributed by atoms with Gasteiger partial charge in [-0.15, -0.1) is 0 Å². The van der Waals surface area contributed by atoms with Crippen molar-refractivity contribution in [1.82, 2.24) is 4.72 Å². The largest absolute Gasteiger partial charge is 0.328 e. The summed E-state index contributed by atoms with van der Waals surface area (Å²) < 4.78 is 26.6. The lowest BCUT2D eigenvalue weighted by Gasteiger charge is -2.26. The molecule has 0 spiro atoms. The summed E-state index contributed by atoms with van der Waals surface area (Å²) in [7, 11) is -3.49. The quantitative estimate of drug-likeness (QED) is 0.882. The van der Waals surface area contributed by atoms with Gasteiger partial charge in [0.05, 0.1) is 10.4 Å². The van der Waals surface area contributed by atoms with Gasteiger partial charge in [0.2, 0.25) is 0 Å². The normalized spacial score (nSPS) is 21.6. The maximum absolute atomic E-state index is 12.0. The summed E-state index contributed by atoms with van der Waals surface area (Å²) in [5, 5.41) is 0. The van der Waals surface area contributed by atoms with Gasteiger partial charge in [0.15, 0.2) is 0 Å². The van der Waals surface area contributed by atoms with E-state index in [1.54, 1.807) is 24.3 Å². The number of aliphatic imine (C=N–C) groups is 1. The third-order valence-electron chi connectivity index (χ3n) is 3.33. The first-order valence-electron chi connectivity index (χ1n) is 6.69. The van der Waals surface area contributed by atoms with Crippen LogP contribution in [0.5, 0.6) is 0 Å². The van der Waals surface area contributed by atoms with Crippen molar-refractivity contribution >= 4 is 15.9 Å². The van der Waals surface area contributed by atoms with E-state index in [-0.39, 0.29) is 4.90 Å². The molecular weight excluding hydrogens is 274 g/mol. The van der Waals surface area contributed by atoms with Gasteiger partial charge < -0.3 is 5.73 Å². The lowest BCUT2D eigenvalue weighted by atomic mass is 9.91. The molecule has 0 amide bonds. The predicted molar refractivity (Wildman–Crippen MR) is 80.2 cm³/mol. The number of rotatable bonds is 4. The van der Waals surface area contributed by atoms with Crippen molar-refractivity contribution in [2.24, 2.45) is 16.6 Å². The Labute approximate surface area is 120 Å². The number of fused-ring (bicyclic) bond motifs is 1. The number of nitrogens with zero attached hydrogens (tertiary/aromatic N) is 1. The lowest BCUT2D eigenvalue weighted by molar-refractivity contribution is 0.380. The van der Waals surface area contributed by atoms with E-state index in [1.807, 2.05) is 6.92 Å². The molecule has 20 heavy (non-hydrogen) atoms. The first-order chi connectivity index (χ1) is 9.27. The van der Waals surface area contributed by atoms with Gasteiger partial charge in [0.1, 0.15) is 5.84 Å². The summed E-state index contributed by atoms with van der Waals surface area (Å²) in [6.45, 7) is 6.52. The summed E-state index contributed by atoms with van der Waals surface area (Å²) in [5.41, 5.74) is 5.99. The fourth-order valence-corrected chi connectivity index (χ4v) is 3.77.